The first-order valence-corrected chi connectivity index (χ1v) is 10.8. The lowest BCUT2D eigenvalue weighted by molar-refractivity contribution is 0.340. The summed E-state index contributed by atoms with van der Waals surface area (Å²) in [6, 6.07) is 16.0. The van der Waals surface area contributed by atoms with Crippen LogP contribution >= 0.6 is 0 Å². The first-order valence-electron chi connectivity index (χ1n) is 10.8. The Morgan fingerprint density at radius 1 is 0.875 bits per heavy atom. The highest BCUT2D eigenvalue weighted by atomic mass is 16.5. The molecular weight excluding hydrogens is 402 g/mol. The van der Waals surface area contributed by atoms with Crippen LogP contribution in [0.25, 0.3) is 27.8 Å². The van der Waals surface area contributed by atoms with E-state index in [1.165, 1.54) is 17.2 Å². The summed E-state index contributed by atoms with van der Waals surface area (Å²) in [7, 11) is 3.21. The second-order valence-electron chi connectivity index (χ2n) is 9.07. The van der Waals surface area contributed by atoms with Crippen LogP contribution in [-0.2, 0) is 19.5 Å². The van der Waals surface area contributed by atoms with Crippen molar-refractivity contribution in [2.45, 2.75) is 33.1 Å². The Labute approximate surface area is 187 Å². The number of hydrogen-bond acceptors (Lipinski definition) is 3. The molecule has 0 aliphatic rings. The van der Waals surface area contributed by atoms with E-state index < -0.39 is 0 Å². The van der Waals surface area contributed by atoms with Gasteiger partial charge in [0.15, 0.2) is 0 Å². The molecule has 6 nitrogen and oxygen atoms in total. The number of ether oxygens (including phenoxy) is 1. The molecule has 0 N–H and O–H groups in total. The van der Waals surface area contributed by atoms with Crippen molar-refractivity contribution < 1.29 is 4.74 Å². The van der Waals surface area contributed by atoms with Gasteiger partial charge in [0.05, 0.1) is 23.2 Å². The van der Waals surface area contributed by atoms with E-state index in [1.807, 2.05) is 54.1 Å². The Morgan fingerprint density at radius 3 is 2.06 bits per heavy atom. The molecule has 0 atom stereocenters. The molecule has 0 unspecified atom stereocenters. The predicted octanol–water partition coefficient (Wildman–Crippen LogP) is 4.39. The van der Waals surface area contributed by atoms with Gasteiger partial charge in [-0.3, -0.25) is 13.9 Å². The lowest BCUT2D eigenvalue weighted by Crippen LogP contribution is -2.36. The molecule has 0 fully saturated rings. The SMILES string of the molecule is CCOc1ccc(-n2cc3c(c2-c2ccc(C(C)(C)C)cc2)c(=O)n(C)c(=O)n3C)cc1. The van der Waals surface area contributed by atoms with Gasteiger partial charge in [0, 0.05) is 26.0 Å². The zero-order valence-corrected chi connectivity index (χ0v) is 19.5. The van der Waals surface area contributed by atoms with Crippen molar-refractivity contribution in [2.75, 3.05) is 6.61 Å². The molecule has 32 heavy (non-hydrogen) atoms. The molecule has 166 valence electrons. The van der Waals surface area contributed by atoms with Gasteiger partial charge in [-0.15, -0.1) is 0 Å². The van der Waals surface area contributed by atoms with Crippen LogP contribution in [-0.4, -0.2) is 20.3 Å². The number of hydrogen-bond donors (Lipinski definition) is 0. The molecule has 0 bridgehead atoms. The van der Waals surface area contributed by atoms with Crippen LogP contribution in [0.2, 0.25) is 0 Å². The molecule has 0 saturated carbocycles. The largest absolute Gasteiger partial charge is 0.494 e. The number of benzene rings is 2. The minimum absolute atomic E-state index is 0.0255. The first-order chi connectivity index (χ1) is 15.1. The molecule has 0 spiro atoms. The van der Waals surface area contributed by atoms with Crippen molar-refractivity contribution in [1.29, 1.82) is 0 Å². The minimum atomic E-state index is -0.346. The fourth-order valence-electron chi connectivity index (χ4n) is 4.03. The highest BCUT2D eigenvalue weighted by Crippen LogP contribution is 2.33. The maximum Gasteiger partial charge on any atom is 0.330 e. The monoisotopic (exact) mass is 431 g/mol. The maximum absolute atomic E-state index is 13.2. The van der Waals surface area contributed by atoms with E-state index in [9.17, 15) is 9.59 Å². The molecule has 4 rings (SSSR count). The van der Waals surface area contributed by atoms with E-state index in [0.717, 1.165) is 27.3 Å². The zero-order chi connectivity index (χ0) is 23.2. The second kappa shape index (κ2) is 7.86. The average molecular weight is 432 g/mol. The zero-order valence-electron chi connectivity index (χ0n) is 19.5. The van der Waals surface area contributed by atoms with Gasteiger partial charge in [-0.2, -0.15) is 0 Å². The summed E-state index contributed by atoms with van der Waals surface area (Å²) in [6.07, 6.45) is 1.86. The molecule has 2 heterocycles. The summed E-state index contributed by atoms with van der Waals surface area (Å²) < 4.78 is 10.2. The van der Waals surface area contributed by atoms with Gasteiger partial charge < -0.3 is 9.30 Å². The van der Waals surface area contributed by atoms with Crippen molar-refractivity contribution in [3.8, 4) is 22.7 Å². The molecule has 0 aliphatic heterocycles. The summed E-state index contributed by atoms with van der Waals surface area (Å²) in [6.45, 7) is 9.06. The molecule has 0 radical (unpaired) electrons. The van der Waals surface area contributed by atoms with Crippen molar-refractivity contribution in [3.05, 3.63) is 81.1 Å². The van der Waals surface area contributed by atoms with Gasteiger partial charge in [-0.1, -0.05) is 45.0 Å². The molecule has 2 aromatic heterocycles. The number of rotatable bonds is 4. The van der Waals surface area contributed by atoms with Crippen LogP contribution in [0, 0.1) is 0 Å². The Balaban J connectivity index is 2.04. The van der Waals surface area contributed by atoms with Gasteiger partial charge in [0.25, 0.3) is 5.56 Å². The van der Waals surface area contributed by atoms with Gasteiger partial charge in [-0.05, 0) is 47.7 Å². The Bertz CT molecular complexity index is 1400. The van der Waals surface area contributed by atoms with E-state index in [-0.39, 0.29) is 16.7 Å². The molecular formula is C26H29N3O3. The molecule has 0 amide bonds. The quantitative estimate of drug-likeness (QED) is 0.482. The number of aromatic nitrogens is 3. The first kappa shape index (κ1) is 21.7. The highest BCUT2D eigenvalue weighted by molar-refractivity contribution is 5.94. The molecule has 4 aromatic rings. The van der Waals surface area contributed by atoms with Crippen LogP contribution in [0.1, 0.15) is 33.3 Å². The third-order valence-electron chi connectivity index (χ3n) is 5.89. The molecule has 2 aromatic carbocycles. The van der Waals surface area contributed by atoms with E-state index in [0.29, 0.717) is 17.5 Å². The third kappa shape index (κ3) is 3.55. The number of fused-ring (bicyclic) bond motifs is 1. The van der Waals surface area contributed by atoms with Gasteiger partial charge in [0.1, 0.15) is 5.75 Å². The lowest BCUT2D eigenvalue weighted by Gasteiger charge is -2.19. The Kier molecular flexibility index (Phi) is 5.33. The normalized spacial score (nSPS) is 11.8. The fraction of sp³-hybridized carbons (Fsp3) is 0.308. The van der Waals surface area contributed by atoms with Gasteiger partial charge in [0.2, 0.25) is 0 Å². The van der Waals surface area contributed by atoms with E-state index in [4.69, 9.17) is 4.74 Å². The van der Waals surface area contributed by atoms with E-state index in [1.54, 1.807) is 7.05 Å². The Morgan fingerprint density at radius 2 is 1.50 bits per heavy atom. The van der Waals surface area contributed by atoms with Gasteiger partial charge >= 0.3 is 5.69 Å². The van der Waals surface area contributed by atoms with E-state index in [2.05, 4.69) is 32.9 Å². The summed E-state index contributed by atoms with van der Waals surface area (Å²) in [5.74, 6) is 0.785. The predicted molar refractivity (Wildman–Crippen MR) is 129 cm³/mol. The summed E-state index contributed by atoms with van der Waals surface area (Å²) in [5, 5.41) is 0.520. The van der Waals surface area contributed by atoms with Crippen molar-refractivity contribution in [1.82, 2.24) is 13.7 Å². The third-order valence-corrected chi connectivity index (χ3v) is 5.89. The lowest BCUT2D eigenvalue weighted by atomic mass is 9.86. The summed E-state index contributed by atoms with van der Waals surface area (Å²) in [4.78, 5) is 25.8. The molecule has 6 heteroatoms. The van der Waals surface area contributed by atoms with Crippen LogP contribution in [0.15, 0.2) is 64.3 Å². The van der Waals surface area contributed by atoms with Gasteiger partial charge in [-0.25, -0.2) is 4.79 Å². The van der Waals surface area contributed by atoms with Crippen molar-refractivity contribution in [3.63, 3.8) is 0 Å². The van der Waals surface area contributed by atoms with E-state index >= 15 is 0 Å². The van der Waals surface area contributed by atoms with Crippen LogP contribution < -0.4 is 16.0 Å². The van der Waals surface area contributed by atoms with Crippen LogP contribution in [0.3, 0.4) is 0 Å². The number of aryl methyl sites for hydroxylation is 1. The molecule has 0 saturated heterocycles. The topological polar surface area (TPSA) is 58.2 Å². The average Bonchev–Trinajstić information content (AvgIpc) is 3.17. The van der Waals surface area contributed by atoms with Crippen LogP contribution in [0.4, 0.5) is 0 Å². The van der Waals surface area contributed by atoms with Crippen LogP contribution in [0.5, 0.6) is 5.75 Å². The fourth-order valence-corrected chi connectivity index (χ4v) is 4.03. The highest BCUT2D eigenvalue weighted by Gasteiger charge is 2.21. The Hall–Kier alpha value is -3.54. The number of nitrogens with zero attached hydrogens (tertiary/aromatic N) is 3. The maximum atomic E-state index is 13.2. The smallest absolute Gasteiger partial charge is 0.330 e. The minimum Gasteiger partial charge on any atom is -0.494 e. The summed E-state index contributed by atoms with van der Waals surface area (Å²) in [5.41, 5.74) is 3.75. The summed E-state index contributed by atoms with van der Waals surface area (Å²) >= 11 is 0. The van der Waals surface area contributed by atoms with Crippen molar-refractivity contribution in [2.24, 2.45) is 14.1 Å². The molecule has 0 aliphatic carbocycles. The standard InChI is InChI=1S/C26H29N3O3/c1-7-32-20-14-12-19(13-15-20)29-16-21-22(24(30)28(6)25(31)27(21)5)23(29)17-8-10-18(11-9-17)26(2,3)4/h8-16H,7H2,1-6H3. The van der Waals surface area contributed by atoms with Crippen molar-refractivity contribution >= 4 is 10.9 Å². The second-order valence-corrected chi connectivity index (χ2v) is 9.07.